The predicted octanol–water partition coefficient (Wildman–Crippen LogP) is 1.95. The van der Waals surface area contributed by atoms with Crippen molar-refractivity contribution in [2.24, 2.45) is 0 Å². The van der Waals surface area contributed by atoms with E-state index in [1.807, 2.05) is 6.20 Å². The van der Waals surface area contributed by atoms with Gasteiger partial charge in [0.15, 0.2) is 0 Å². The van der Waals surface area contributed by atoms with E-state index in [0.29, 0.717) is 6.10 Å². The Morgan fingerprint density at radius 3 is 3.00 bits per heavy atom. The van der Waals surface area contributed by atoms with Crippen molar-refractivity contribution in [2.75, 3.05) is 24.6 Å². The molecule has 0 aromatic carbocycles. The molecule has 1 saturated carbocycles. The average molecular weight is 261 g/mol. The van der Waals surface area contributed by atoms with Gasteiger partial charge in [0.25, 0.3) is 0 Å². The average Bonchev–Trinajstić information content (AvgIpc) is 3.30. The van der Waals surface area contributed by atoms with Gasteiger partial charge in [-0.25, -0.2) is 4.98 Å². The Morgan fingerprint density at radius 1 is 1.42 bits per heavy atom. The van der Waals surface area contributed by atoms with Crippen LogP contribution < -0.4 is 10.2 Å². The van der Waals surface area contributed by atoms with E-state index in [4.69, 9.17) is 4.74 Å². The molecule has 2 heterocycles. The molecule has 1 atom stereocenters. The summed E-state index contributed by atoms with van der Waals surface area (Å²) in [6, 6.07) is 5.08. The summed E-state index contributed by atoms with van der Waals surface area (Å²) in [7, 11) is 0. The fraction of sp³-hybridized carbons (Fsp3) is 0.667. The van der Waals surface area contributed by atoms with Crippen molar-refractivity contribution < 1.29 is 4.74 Å². The Morgan fingerprint density at radius 2 is 2.32 bits per heavy atom. The second-order valence-electron chi connectivity index (χ2n) is 5.53. The zero-order chi connectivity index (χ0) is 13.1. The molecule has 1 saturated heterocycles. The maximum Gasteiger partial charge on any atom is 0.128 e. The Balaban J connectivity index is 1.57. The summed E-state index contributed by atoms with van der Waals surface area (Å²) in [6.45, 7) is 5.84. The van der Waals surface area contributed by atoms with E-state index in [1.165, 1.54) is 18.4 Å². The summed E-state index contributed by atoms with van der Waals surface area (Å²) in [5.41, 5.74) is 1.27. The zero-order valence-electron chi connectivity index (χ0n) is 11.6. The SMILES string of the molecule is CCC1CN(c2ccc(CNC3CC3)cn2)CCO1. The summed E-state index contributed by atoms with van der Waals surface area (Å²) in [6.07, 6.45) is 6.09. The van der Waals surface area contributed by atoms with Crippen LogP contribution in [0.2, 0.25) is 0 Å². The molecule has 2 fully saturated rings. The van der Waals surface area contributed by atoms with Crippen molar-refractivity contribution >= 4 is 5.82 Å². The van der Waals surface area contributed by atoms with Crippen molar-refractivity contribution in [2.45, 2.75) is 44.9 Å². The molecule has 4 nitrogen and oxygen atoms in total. The number of anilines is 1. The molecule has 1 unspecified atom stereocenters. The van der Waals surface area contributed by atoms with Crippen LogP contribution in [0.4, 0.5) is 5.82 Å². The Labute approximate surface area is 115 Å². The molecule has 0 bridgehead atoms. The Hall–Kier alpha value is -1.13. The van der Waals surface area contributed by atoms with Gasteiger partial charge in [-0.3, -0.25) is 0 Å². The molecule has 4 heteroatoms. The molecule has 1 aliphatic carbocycles. The van der Waals surface area contributed by atoms with Crippen molar-refractivity contribution in [3.8, 4) is 0 Å². The van der Waals surface area contributed by atoms with E-state index >= 15 is 0 Å². The van der Waals surface area contributed by atoms with Gasteiger partial charge in [-0.05, 0) is 30.9 Å². The maximum atomic E-state index is 5.69. The van der Waals surface area contributed by atoms with E-state index in [9.17, 15) is 0 Å². The summed E-state index contributed by atoms with van der Waals surface area (Å²) >= 11 is 0. The number of pyridine rings is 1. The van der Waals surface area contributed by atoms with Crippen LogP contribution in [0.5, 0.6) is 0 Å². The Bertz CT molecular complexity index is 402. The minimum absolute atomic E-state index is 0.353. The van der Waals surface area contributed by atoms with Crippen LogP contribution in [0, 0.1) is 0 Å². The standard InChI is InChI=1S/C15H23N3O/c1-2-14-11-18(7-8-19-14)15-6-3-12(10-17-15)9-16-13-4-5-13/h3,6,10,13-14,16H,2,4-5,7-9,11H2,1H3. The molecule has 2 aliphatic rings. The van der Waals surface area contributed by atoms with Crippen LogP contribution in [0.1, 0.15) is 31.7 Å². The van der Waals surface area contributed by atoms with E-state index in [0.717, 1.165) is 44.5 Å². The van der Waals surface area contributed by atoms with Gasteiger partial charge < -0.3 is 15.0 Å². The quantitative estimate of drug-likeness (QED) is 0.879. The summed E-state index contributed by atoms with van der Waals surface area (Å²) in [4.78, 5) is 6.93. The third kappa shape index (κ3) is 3.45. The third-order valence-electron chi connectivity index (χ3n) is 3.90. The first-order valence-electron chi connectivity index (χ1n) is 7.40. The third-order valence-corrected chi connectivity index (χ3v) is 3.90. The van der Waals surface area contributed by atoms with Gasteiger partial charge in [0.2, 0.25) is 0 Å². The number of morpholine rings is 1. The van der Waals surface area contributed by atoms with Gasteiger partial charge in [0.05, 0.1) is 12.7 Å². The molecular weight excluding hydrogens is 238 g/mol. The van der Waals surface area contributed by atoms with Crippen LogP contribution >= 0.6 is 0 Å². The van der Waals surface area contributed by atoms with Gasteiger partial charge in [-0.15, -0.1) is 0 Å². The largest absolute Gasteiger partial charge is 0.375 e. The number of rotatable bonds is 5. The smallest absolute Gasteiger partial charge is 0.128 e. The molecule has 19 heavy (non-hydrogen) atoms. The van der Waals surface area contributed by atoms with Crippen LogP contribution in [0.25, 0.3) is 0 Å². The number of nitrogens with one attached hydrogen (secondary N) is 1. The molecule has 104 valence electrons. The monoisotopic (exact) mass is 261 g/mol. The summed E-state index contributed by atoms with van der Waals surface area (Å²) < 4.78 is 5.69. The molecule has 1 aromatic heterocycles. The molecule has 0 amide bonds. The highest BCUT2D eigenvalue weighted by Gasteiger charge is 2.21. The van der Waals surface area contributed by atoms with Gasteiger partial charge in [0, 0.05) is 31.9 Å². The lowest BCUT2D eigenvalue weighted by atomic mass is 10.2. The van der Waals surface area contributed by atoms with Crippen LogP contribution in [0.3, 0.4) is 0 Å². The van der Waals surface area contributed by atoms with Gasteiger partial charge in [0.1, 0.15) is 5.82 Å². The molecule has 1 aliphatic heterocycles. The van der Waals surface area contributed by atoms with Crippen molar-refractivity contribution in [1.29, 1.82) is 0 Å². The number of hydrogen-bond donors (Lipinski definition) is 1. The second-order valence-corrected chi connectivity index (χ2v) is 5.53. The van der Waals surface area contributed by atoms with Crippen molar-refractivity contribution in [3.63, 3.8) is 0 Å². The maximum absolute atomic E-state index is 5.69. The lowest BCUT2D eigenvalue weighted by Crippen LogP contribution is -2.42. The first-order chi connectivity index (χ1) is 9.35. The van der Waals surface area contributed by atoms with Crippen LogP contribution in [0.15, 0.2) is 18.3 Å². The molecule has 1 N–H and O–H groups in total. The molecule has 1 aromatic rings. The van der Waals surface area contributed by atoms with Gasteiger partial charge >= 0.3 is 0 Å². The van der Waals surface area contributed by atoms with E-state index in [-0.39, 0.29) is 0 Å². The first-order valence-corrected chi connectivity index (χ1v) is 7.40. The van der Waals surface area contributed by atoms with Crippen molar-refractivity contribution in [3.05, 3.63) is 23.9 Å². The highest BCUT2D eigenvalue weighted by molar-refractivity contribution is 5.40. The van der Waals surface area contributed by atoms with Gasteiger partial charge in [-0.1, -0.05) is 13.0 Å². The molecule has 0 radical (unpaired) electrons. The Kier molecular flexibility index (Phi) is 3.99. The number of ether oxygens (including phenoxy) is 1. The number of hydrogen-bond acceptors (Lipinski definition) is 4. The fourth-order valence-corrected chi connectivity index (χ4v) is 2.43. The normalized spacial score (nSPS) is 23.6. The van der Waals surface area contributed by atoms with Gasteiger partial charge in [-0.2, -0.15) is 0 Å². The lowest BCUT2D eigenvalue weighted by molar-refractivity contribution is 0.0381. The summed E-state index contributed by atoms with van der Waals surface area (Å²) in [5, 5.41) is 3.51. The number of aromatic nitrogens is 1. The first kappa shape index (κ1) is 12.9. The second kappa shape index (κ2) is 5.88. The van der Waals surface area contributed by atoms with E-state index in [1.54, 1.807) is 0 Å². The summed E-state index contributed by atoms with van der Waals surface area (Å²) in [5.74, 6) is 1.08. The number of nitrogens with zero attached hydrogens (tertiary/aromatic N) is 2. The highest BCUT2D eigenvalue weighted by Crippen LogP contribution is 2.20. The molecule has 0 spiro atoms. The molecular formula is C15H23N3O. The molecule has 3 rings (SSSR count). The van der Waals surface area contributed by atoms with Crippen molar-refractivity contribution in [1.82, 2.24) is 10.3 Å². The minimum atomic E-state index is 0.353. The fourth-order valence-electron chi connectivity index (χ4n) is 2.43. The lowest BCUT2D eigenvalue weighted by Gasteiger charge is -2.33. The van der Waals surface area contributed by atoms with E-state index in [2.05, 4.69) is 34.3 Å². The zero-order valence-corrected chi connectivity index (χ0v) is 11.6. The topological polar surface area (TPSA) is 37.4 Å². The predicted molar refractivity (Wildman–Crippen MR) is 76.3 cm³/mol. The van der Waals surface area contributed by atoms with Crippen LogP contribution in [-0.4, -0.2) is 36.8 Å². The van der Waals surface area contributed by atoms with E-state index < -0.39 is 0 Å². The minimum Gasteiger partial charge on any atom is -0.375 e. The highest BCUT2D eigenvalue weighted by atomic mass is 16.5. The van der Waals surface area contributed by atoms with Crippen LogP contribution in [-0.2, 0) is 11.3 Å².